The van der Waals surface area contributed by atoms with Gasteiger partial charge in [0.25, 0.3) is 11.8 Å². The third kappa shape index (κ3) is 4.74. The molecule has 0 aliphatic carbocycles. The molecule has 14 heteroatoms. The molecule has 0 aliphatic heterocycles. The lowest BCUT2D eigenvalue weighted by molar-refractivity contribution is -0.141. The van der Waals surface area contributed by atoms with E-state index < -0.39 is 29.4 Å². The summed E-state index contributed by atoms with van der Waals surface area (Å²) in [6.07, 6.45) is -3.60. The number of anilines is 1. The van der Waals surface area contributed by atoms with Gasteiger partial charge < -0.3 is 5.32 Å². The van der Waals surface area contributed by atoms with Crippen LogP contribution in [0.1, 0.15) is 26.5 Å². The normalized spacial score (nSPS) is 11.3. The van der Waals surface area contributed by atoms with E-state index in [9.17, 15) is 22.8 Å². The number of benzene rings is 1. The van der Waals surface area contributed by atoms with E-state index in [2.05, 4.69) is 15.4 Å². The Labute approximate surface area is 187 Å². The maximum absolute atomic E-state index is 13.2. The number of alkyl halides is 3. The van der Waals surface area contributed by atoms with Crippen molar-refractivity contribution in [2.45, 2.75) is 6.18 Å². The number of carbonyl (C=O) groups excluding carboxylic acids is 2. The molecule has 0 bridgehead atoms. The number of pyridine rings is 1. The van der Waals surface area contributed by atoms with E-state index in [0.29, 0.717) is 10.7 Å². The van der Waals surface area contributed by atoms with Gasteiger partial charge in [0.2, 0.25) is 0 Å². The van der Waals surface area contributed by atoms with Gasteiger partial charge in [0, 0.05) is 17.3 Å². The highest BCUT2D eigenvalue weighted by molar-refractivity contribution is 6.38. The second-order valence-corrected chi connectivity index (χ2v) is 7.12. The van der Waals surface area contributed by atoms with E-state index in [1.54, 1.807) is 0 Å². The van der Waals surface area contributed by atoms with Crippen molar-refractivity contribution in [3.05, 3.63) is 68.5 Å². The number of rotatable bonds is 4. The number of halogens is 6. The molecular formula is C17H10Cl3F3N6O2. The Hall–Kier alpha value is -2.86. The Morgan fingerprint density at radius 2 is 1.77 bits per heavy atom. The molecule has 2 heterocycles. The SMILES string of the molecule is NNC(=O)c1cc(Cl)cc(Cl)c1NC(=O)c1cc(C(F)(F)F)nn1-c1ncccc1Cl. The lowest BCUT2D eigenvalue weighted by Crippen LogP contribution is -2.31. The molecule has 0 aliphatic rings. The van der Waals surface area contributed by atoms with Gasteiger partial charge in [-0.3, -0.25) is 15.0 Å². The van der Waals surface area contributed by atoms with E-state index in [0.717, 1.165) is 0 Å². The van der Waals surface area contributed by atoms with Gasteiger partial charge in [-0.15, -0.1) is 0 Å². The predicted octanol–water partition coefficient (Wildman–Crippen LogP) is 4.10. The molecule has 4 N–H and O–H groups in total. The first-order valence-corrected chi connectivity index (χ1v) is 9.25. The maximum Gasteiger partial charge on any atom is 0.435 e. The Morgan fingerprint density at radius 3 is 2.39 bits per heavy atom. The summed E-state index contributed by atoms with van der Waals surface area (Å²) in [5, 5.41) is 5.55. The van der Waals surface area contributed by atoms with E-state index in [1.165, 1.54) is 30.5 Å². The minimum Gasteiger partial charge on any atom is -0.319 e. The lowest BCUT2D eigenvalue weighted by atomic mass is 10.1. The number of nitrogen functional groups attached to an aromatic ring is 1. The number of nitrogens with one attached hydrogen (secondary N) is 2. The smallest absolute Gasteiger partial charge is 0.319 e. The zero-order chi connectivity index (χ0) is 22.9. The van der Waals surface area contributed by atoms with Crippen molar-refractivity contribution in [3.8, 4) is 5.82 Å². The van der Waals surface area contributed by atoms with Crippen LogP contribution in [0.2, 0.25) is 15.1 Å². The van der Waals surface area contributed by atoms with Crippen LogP contribution in [0.25, 0.3) is 5.82 Å². The Balaban J connectivity index is 2.12. The molecule has 0 saturated heterocycles. The molecule has 8 nitrogen and oxygen atoms in total. The molecule has 162 valence electrons. The van der Waals surface area contributed by atoms with Crippen LogP contribution in [-0.2, 0) is 6.18 Å². The highest BCUT2D eigenvalue weighted by atomic mass is 35.5. The zero-order valence-corrected chi connectivity index (χ0v) is 17.2. The molecule has 0 radical (unpaired) electrons. The van der Waals surface area contributed by atoms with Gasteiger partial charge >= 0.3 is 6.18 Å². The number of aromatic nitrogens is 3. The van der Waals surface area contributed by atoms with Crippen molar-refractivity contribution < 1.29 is 22.8 Å². The standard InChI is InChI=1S/C17H10Cl3F3N6O2/c18-7-4-8(15(30)27-24)13(10(20)5-7)26-16(31)11-6-12(17(21,22)23)28-29(11)14-9(19)2-1-3-25-14/h1-6H,24H2,(H,26,31)(H,27,30). The summed E-state index contributed by atoms with van der Waals surface area (Å²) >= 11 is 18.0. The molecule has 0 atom stereocenters. The fraction of sp³-hybridized carbons (Fsp3) is 0.0588. The van der Waals surface area contributed by atoms with Gasteiger partial charge in [-0.25, -0.2) is 15.5 Å². The third-order valence-electron chi connectivity index (χ3n) is 3.84. The number of hydrogen-bond acceptors (Lipinski definition) is 5. The van der Waals surface area contributed by atoms with E-state index in [-0.39, 0.29) is 32.1 Å². The van der Waals surface area contributed by atoms with Crippen LogP contribution in [0, 0.1) is 0 Å². The minimum atomic E-state index is -4.86. The molecule has 2 aromatic heterocycles. The van der Waals surface area contributed by atoms with Crippen LogP contribution in [0.5, 0.6) is 0 Å². The molecular weight excluding hydrogens is 484 g/mol. The third-order valence-corrected chi connectivity index (χ3v) is 4.65. The second kappa shape index (κ2) is 8.71. The van der Waals surface area contributed by atoms with E-state index in [4.69, 9.17) is 40.6 Å². The summed E-state index contributed by atoms with van der Waals surface area (Å²) < 4.78 is 40.4. The molecule has 0 unspecified atom stereocenters. The molecule has 31 heavy (non-hydrogen) atoms. The van der Waals surface area contributed by atoms with Crippen molar-refractivity contribution in [2.24, 2.45) is 5.84 Å². The summed E-state index contributed by atoms with van der Waals surface area (Å²) in [6.45, 7) is 0. The van der Waals surface area contributed by atoms with Crippen LogP contribution in [-0.4, -0.2) is 26.6 Å². The number of hydrazine groups is 1. The Bertz CT molecular complexity index is 1180. The molecule has 3 rings (SSSR count). The quantitative estimate of drug-likeness (QED) is 0.288. The first-order valence-electron chi connectivity index (χ1n) is 8.12. The topological polar surface area (TPSA) is 115 Å². The summed E-state index contributed by atoms with van der Waals surface area (Å²) in [5.41, 5.74) is -0.520. The minimum absolute atomic E-state index is 0.0545. The van der Waals surface area contributed by atoms with Crippen LogP contribution < -0.4 is 16.6 Å². The number of nitrogens with two attached hydrogens (primary N) is 1. The van der Waals surface area contributed by atoms with Crippen LogP contribution >= 0.6 is 34.8 Å². The summed E-state index contributed by atoms with van der Waals surface area (Å²) in [5.74, 6) is 2.97. The van der Waals surface area contributed by atoms with Crippen molar-refractivity contribution in [1.29, 1.82) is 0 Å². The van der Waals surface area contributed by atoms with Crippen molar-refractivity contribution in [3.63, 3.8) is 0 Å². The number of amides is 2. The highest BCUT2D eigenvalue weighted by Gasteiger charge is 2.36. The fourth-order valence-corrected chi connectivity index (χ4v) is 3.25. The van der Waals surface area contributed by atoms with Gasteiger partial charge in [0.05, 0.1) is 21.3 Å². The van der Waals surface area contributed by atoms with Crippen LogP contribution in [0.15, 0.2) is 36.5 Å². The Kier molecular flexibility index (Phi) is 6.41. The average molecular weight is 494 g/mol. The molecule has 2 amide bonds. The summed E-state index contributed by atoms with van der Waals surface area (Å²) in [7, 11) is 0. The first kappa shape index (κ1) is 22.8. The molecule has 0 fully saturated rings. The molecule has 3 aromatic rings. The maximum atomic E-state index is 13.2. The summed E-state index contributed by atoms with van der Waals surface area (Å²) in [6, 6.07) is 5.71. The van der Waals surface area contributed by atoms with Crippen molar-refractivity contribution >= 4 is 52.3 Å². The van der Waals surface area contributed by atoms with Crippen LogP contribution in [0.4, 0.5) is 18.9 Å². The van der Waals surface area contributed by atoms with E-state index in [1.807, 2.05) is 5.43 Å². The largest absolute Gasteiger partial charge is 0.435 e. The van der Waals surface area contributed by atoms with Crippen molar-refractivity contribution in [2.75, 3.05) is 5.32 Å². The second-order valence-electron chi connectivity index (χ2n) is 5.87. The number of carbonyl (C=O) groups is 2. The fourth-order valence-electron chi connectivity index (χ4n) is 2.51. The van der Waals surface area contributed by atoms with Gasteiger partial charge in [-0.05, 0) is 24.3 Å². The number of nitrogens with zero attached hydrogens (tertiary/aromatic N) is 3. The zero-order valence-electron chi connectivity index (χ0n) is 15.0. The summed E-state index contributed by atoms with van der Waals surface area (Å²) in [4.78, 5) is 28.8. The highest BCUT2D eigenvalue weighted by Crippen LogP contribution is 2.33. The van der Waals surface area contributed by atoms with Gasteiger partial charge in [-0.2, -0.15) is 18.3 Å². The first-order chi connectivity index (χ1) is 14.5. The van der Waals surface area contributed by atoms with Gasteiger partial charge in [-0.1, -0.05) is 34.8 Å². The molecule has 0 spiro atoms. The molecule has 0 saturated carbocycles. The Morgan fingerprint density at radius 1 is 1.06 bits per heavy atom. The lowest BCUT2D eigenvalue weighted by Gasteiger charge is -2.13. The number of hydrogen-bond donors (Lipinski definition) is 3. The monoisotopic (exact) mass is 492 g/mol. The van der Waals surface area contributed by atoms with Gasteiger partial charge in [0.1, 0.15) is 5.69 Å². The molecule has 1 aromatic carbocycles. The average Bonchev–Trinajstić information content (AvgIpc) is 3.15. The van der Waals surface area contributed by atoms with E-state index >= 15 is 0 Å². The van der Waals surface area contributed by atoms with Gasteiger partial charge in [0.15, 0.2) is 11.5 Å². The van der Waals surface area contributed by atoms with Crippen molar-refractivity contribution in [1.82, 2.24) is 20.2 Å². The predicted molar refractivity (Wildman–Crippen MR) is 107 cm³/mol. The van der Waals surface area contributed by atoms with Crippen LogP contribution in [0.3, 0.4) is 0 Å².